The lowest BCUT2D eigenvalue weighted by molar-refractivity contribution is 0.518. The molecular weight excluding hydrogens is 150 g/mol. The maximum atomic E-state index is 5.50. The van der Waals surface area contributed by atoms with Crippen LogP contribution in [0.1, 0.15) is 26.7 Å². The molecule has 0 aliphatic carbocycles. The average Bonchev–Trinajstić information content (AvgIpc) is 2.11. The van der Waals surface area contributed by atoms with Crippen LogP contribution in [0.5, 0.6) is 0 Å². The van der Waals surface area contributed by atoms with Crippen LogP contribution in [0, 0.1) is 5.92 Å². The molecule has 0 aliphatic rings. The molecule has 1 unspecified atom stereocenters. The molecule has 3 N–H and O–H groups in total. The smallest absolute Gasteiger partial charge is 0.0928 e. The summed E-state index contributed by atoms with van der Waals surface area (Å²) in [6, 6.07) is 0. The molecule has 0 heterocycles. The molecule has 0 aromatic rings. The van der Waals surface area contributed by atoms with Crippen LogP contribution in [0.3, 0.4) is 0 Å². The summed E-state index contributed by atoms with van der Waals surface area (Å²) in [7, 11) is 1.80. The number of nitrogens with two attached hydrogens (primary N) is 1. The lowest BCUT2D eigenvalue weighted by Crippen LogP contribution is -2.22. The number of hydrogen-bond donors (Lipinski definition) is 2. The van der Waals surface area contributed by atoms with Crippen molar-refractivity contribution in [1.29, 1.82) is 0 Å². The largest absolute Gasteiger partial charge is 0.374 e. The first-order valence-corrected chi connectivity index (χ1v) is 4.58. The van der Waals surface area contributed by atoms with Gasteiger partial charge in [-0.15, -0.1) is 0 Å². The van der Waals surface area contributed by atoms with Gasteiger partial charge in [0.15, 0.2) is 0 Å². The van der Waals surface area contributed by atoms with Crippen LogP contribution in [0.25, 0.3) is 0 Å². The molecule has 3 heteroatoms. The summed E-state index contributed by atoms with van der Waals surface area (Å²) in [4.78, 5) is 4.01. The van der Waals surface area contributed by atoms with Crippen molar-refractivity contribution in [2.24, 2.45) is 16.6 Å². The van der Waals surface area contributed by atoms with Crippen LogP contribution in [0.15, 0.2) is 4.99 Å². The van der Waals surface area contributed by atoms with Gasteiger partial charge in [0.25, 0.3) is 0 Å². The number of hydrogen-bond acceptors (Lipinski definition) is 2. The summed E-state index contributed by atoms with van der Waals surface area (Å²) >= 11 is 0. The Morgan fingerprint density at radius 3 is 2.75 bits per heavy atom. The van der Waals surface area contributed by atoms with E-state index < -0.39 is 0 Å². The molecule has 72 valence electrons. The Balaban J connectivity index is 3.21. The van der Waals surface area contributed by atoms with Crippen molar-refractivity contribution < 1.29 is 0 Å². The summed E-state index contributed by atoms with van der Waals surface area (Å²) in [6.07, 6.45) is 2.37. The van der Waals surface area contributed by atoms with E-state index in [0.717, 1.165) is 18.9 Å². The van der Waals surface area contributed by atoms with Crippen LogP contribution < -0.4 is 11.1 Å². The van der Waals surface area contributed by atoms with E-state index in [2.05, 4.69) is 17.2 Å². The standard InChI is InChI=1S/C9H21N3/c1-8(7-10)5-4-6-12-9(2)11-3/h8H,4-7,10H2,1-3H3,(H,11,12). The predicted octanol–water partition coefficient (Wildman–Crippen LogP) is 0.999. The molecule has 0 aliphatic heterocycles. The predicted molar refractivity (Wildman–Crippen MR) is 54.5 cm³/mol. The van der Waals surface area contributed by atoms with E-state index in [4.69, 9.17) is 5.73 Å². The Morgan fingerprint density at radius 1 is 1.58 bits per heavy atom. The highest BCUT2D eigenvalue weighted by atomic mass is 15.0. The maximum Gasteiger partial charge on any atom is 0.0928 e. The highest BCUT2D eigenvalue weighted by Gasteiger charge is 1.97. The Bertz CT molecular complexity index is 132. The lowest BCUT2D eigenvalue weighted by atomic mass is 10.1. The molecule has 12 heavy (non-hydrogen) atoms. The molecule has 0 saturated heterocycles. The van der Waals surface area contributed by atoms with Crippen molar-refractivity contribution in [2.45, 2.75) is 26.7 Å². The van der Waals surface area contributed by atoms with Crippen molar-refractivity contribution in [3.05, 3.63) is 0 Å². The summed E-state index contributed by atoms with van der Waals surface area (Å²) in [5.41, 5.74) is 5.50. The first-order chi connectivity index (χ1) is 5.70. The molecule has 0 amide bonds. The zero-order valence-electron chi connectivity index (χ0n) is 8.43. The molecule has 0 rings (SSSR count). The average molecular weight is 171 g/mol. The van der Waals surface area contributed by atoms with Gasteiger partial charge in [-0.1, -0.05) is 6.92 Å². The molecule has 3 nitrogen and oxygen atoms in total. The zero-order valence-corrected chi connectivity index (χ0v) is 8.43. The lowest BCUT2D eigenvalue weighted by Gasteiger charge is -2.08. The fourth-order valence-electron chi connectivity index (χ4n) is 0.917. The Labute approximate surface area is 75.4 Å². The number of rotatable bonds is 5. The van der Waals surface area contributed by atoms with E-state index in [1.54, 1.807) is 7.05 Å². The van der Waals surface area contributed by atoms with Crippen LogP contribution in [-0.2, 0) is 0 Å². The second-order valence-corrected chi connectivity index (χ2v) is 3.22. The minimum atomic E-state index is 0.644. The van der Waals surface area contributed by atoms with Gasteiger partial charge in [-0.2, -0.15) is 0 Å². The highest BCUT2D eigenvalue weighted by molar-refractivity contribution is 5.79. The zero-order chi connectivity index (χ0) is 9.40. The minimum Gasteiger partial charge on any atom is -0.374 e. The first kappa shape index (κ1) is 11.4. The topological polar surface area (TPSA) is 50.4 Å². The van der Waals surface area contributed by atoms with Gasteiger partial charge >= 0.3 is 0 Å². The summed E-state index contributed by atoms with van der Waals surface area (Å²) < 4.78 is 0. The van der Waals surface area contributed by atoms with Crippen LogP contribution in [-0.4, -0.2) is 26.0 Å². The molecule has 1 atom stereocenters. The number of amidine groups is 1. The summed E-state index contributed by atoms with van der Waals surface area (Å²) in [5.74, 6) is 1.65. The first-order valence-electron chi connectivity index (χ1n) is 4.58. The third-order valence-electron chi connectivity index (χ3n) is 1.99. The molecule has 0 aromatic carbocycles. The van der Waals surface area contributed by atoms with Gasteiger partial charge in [0, 0.05) is 13.6 Å². The van der Waals surface area contributed by atoms with E-state index in [9.17, 15) is 0 Å². The third-order valence-corrected chi connectivity index (χ3v) is 1.99. The molecule has 0 radical (unpaired) electrons. The van der Waals surface area contributed by atoms with Crippen molar-refractivity contribution >= 4 is 5.84 Å². The van der Waals surface area contributed by atoms with Gasteiger partial charge < -0.3 is 11.1 Å². The van der Waals surface area contributed by atoms with Gasteiger partial charge in [-0.3, -0.25) is 4.99 Å². The monoisotopic (exact) mass is 171 g/mol. The second kappa shape index (κ2) is 7.10. The second-order valence-electron chi connectivity index (χ2n) is 3.22. The maximum absolute atomic E-state index is 5.50. The normalized spacial score (nSPS) is 14.5. The number of nitrogens with zero attached hydrogens (tertiary/aromatic N) is 1. The molecule has 0 aromatic heterocycles. The Morgan fingerprint density at radius 2 is 2.25 bits per heavy atom. The SMILES string of the molecule is CN=C(C)NCCCC(C)CN. The summed E-state index contributed by atoms with van der Waals surface area (Å²) in [5, 5.41) is 3.22. The quantitative estimate of drug-likeness (QED) is 0.368. The third kappa shape index (κ3) is 6.16. The van der Waals surface area contributed by atoms with Crippen LogP contribution >= 0.6 is 0 Å². The van der Waals surface area contributed by atoms with E-state index in [0.29, 0.717) is 5.92 Å². The molecule has 0 spiro atoms. The van der Waals surface area contributed by atoms with E-state index in [1.807, 2.05) is 6.92 Å². The van der Waals surface area contributed by atoms with Gasteiger partial charge in [0.1, 0.15) is 0 Å². The van der Waals surface area contributed by atoms with E-state index in [-0.39, 0.29) is 0 Å². The fourth-order valence-corrected chi connectivity index (χ4v) is 0.917. The molecule has 0 fully saturated rings. The highest BCUT2D eigenvalue weighted by Crippen LogP contribution is 2.01. The van der Waals surface area contributed by atoms with Gasteiger partial charge in [-0.05, 0) is 32.2 Å². The van der Waals surface area contributed by atoms with Crippen molar-refractivity contribution in [3.63, 3.8) is 0 Å². The van der Waals surface area contributed by atoms with E-state index >= 15 is 0 Å². The van der Waals surface area contributed by atoms with Crippen LogP contribution in [0.4, 0.5) is 0 Å². The Hall–Kier alpha value is -0.570. The van der Waals surface area contributed by atoms with Crippen LogP contribution in [0.2, 0.25) is 0 Å². The minimum absolute atomic E-state index is 0.644. The fraction of sp³-hybridized carbons (Fsp3) is 0.889. The van der Waals surface area contributed by atoms with Crippen molar-refractivity contribution in [1.82, 2.24) is 5.32 Å². The van der Waals surface area contributed by atoms with E-state index in [1.165, 1.54) is 12.8 Å². The number of aliphatic imine (C=N–C) groups is 1. The molecule has 0 saturated carbocycles. The van der Waals surface area contributed by atoms with Crippen molar-refractivity contribution in [2.75, 3.05) is 20.1 Å². The molecular formula is C9H21N3. The number of nitrogens with one attached hydrogen (secondary N) is 1. The Kier molecular flexibility index (Phi) is 6.76. The van der Waals surface area contributed by atoms with Gasteiger partial charge in [0.2, 0.25) is 0 Å². The molecule has 0 bridgehead atoms. The van der Waals surface area contributed by atoms with Gasteiger partial charge in [-0.25, -0.2) is 0 Å². The van der Waals surface area contributed by atoms with Gasteiger partial charge in [0.05, 0.1) is 5.84 Å². The summed E-state index contributed by atoms with van der Waals surface area (Å²) in [6.45, 7) is 5.96. The van der Waals surface area contributed by atoms with Crippen molar-refractivity contribution in [3.8, 4) is 0 Å².